The van der Waals surface area contributed by atoms with Gasteiger partial charge in [0.2, 0.25) is 5.82 Å². The topological polar surface area (TPSA) is 113 Å². The summed E-state index contributed by atoms with van der Waals surface area (Å²) in [5.41, 5.74) is 1.47. The summed E-state index contributed by atoms with van der Waals surface area (Å²) in [6, 6.07) is 10.9. The number of nitrogens with zero attached hydrogens (tertiary/aromatic N) is 4. The number of carboxylic acid groups (broad SMARTS) is 1. The fraction of sp³-hybridized carbons (Fsp3) is 0.304. The number of fused-ring (bicyclic) bond motifs is 1. The molecule has 5 rings (SSSR count). The first-order chi connectivity index (χ1) is 15.9. The van der Waals surface area contributed by atoms with Gasteiger partial charge in [-0.25, -0.2) is 0 Å². The zero-order valence-corrected chi connectivity index (χ0v) is 18.7. The summed E-state index contributed by atoms with van der Waals surface area (Å²) in [4.78, 5) is 16.0. The largest absolute Gasteiger partial charge is 0.489 e. The molecule has 1 aliphatic heterocycles. The standard InChI is InChI=1S/C23H21ClN4O5/c1-13(2)32-19-7-6-14(8-17(19)24)22-26-21(27-33-22)15-4-3-5-18-16(15)10-25-28(18)23(9-20(29)30)11-31-12-23/h3-8,10,13H,9,11-12H2,1-2H3,(H,29,30). The molecule has 0 spiro atoms. The van der Waals surface area contributed by atoms with E-state index >= 15 is 0 Å². The molecular weight excluding hydrogens is 448 g/mol. The van der Waals surface area contributed by atoms with Crippen molar-refractivity contribution in [3.8, 4) is 28.6 Å². The van der Waals surface area contributed by atoms with Gasteiger partial charge in [-0.2, -0.15) is 10.1 Å². The number of aromatic nitrogens is 4. The van der Waals surface area contributed by atoms with Crippen molar-refractivity contribution < 1.29 is 23.9 Å². The molecule has 0 unspecified atom stereocenters. The number of hydrogen-bond donors (Lipinski definition) is 1. The number of carboxylic acids is 1. The SMILES string of the molecule is CC(C)Oc1ccc(-c2nc(-c3cccc4c3cnn4C3(CC(=O)O)COC3)no2)cc1Cl. The van der Waals surface area contributed by atoms with Crippen LogP contribution in [0.1, 0.15) is 20.3 Å². The van der Waals surface area contributed by atoms with E-state index in [4.69, 9.17) is 25.6 Å². The van der Waals surface area contributed by atoms with E-state index < -0.39 is 11.5 Å². The predicted octanol–water partition coefficient (Wildman–Crippen LogP) is 4.39. The Morgan fingerprint density at radius 1 is 1.30 bits per heavy atom. The van der Waals surface area contributed by atoms with Crippen molar-refractivity contribution in [2.45, 2.75) is 31.9 Å². The van der Waals surface area contributed by atoms with Gasteiger partial charge >= 0.3 is 5.97 Å². The number of rotatable bonds is 7. The third kappa shape index (κ3) is 3.83. The highest BCUT2D eigenvalue weighted by molar-refractivity contribution is 6.32. The summed E-state index contributed by atoms with van der Waals surface area (Å²) in [6.07, 6.45) is 1.63. The zero-order valence-electron chi connectivity index (χ0n) is 18.0. The zero-order chi connectivity index (χ0) is 23.2. The molecule has 10 heteroatoms. The molecule has 2 aromatic carbocycles. The third-order valence-electron chi connectivity index (χ3n) is 5.49. The molecule has 0 radical (unpaired) electrons. The van der Waals surface area contributed by atoms with Crippen LogP contribution >= 0.6 is 11.6 Å². The van der Waals surface area contributed by atoms with Crippen LogP contribution in [0.15, 0.2) is 47.1 Å². The van der Waals surface area contributed by atoms with Gasteiger partial charge in [0.25, 0.3) is 5.89 Å². The molecule has 2 aromatic heterocycles. The summed E-state index contributed by atoms with van der Waals surface area (Å²) in [6.45, 7) is 4.45. The lowest BCUT2D eigenvalue weighted by Gasteiger charge is -2.40. The van der Waals surface area contributed by atoms with Gasteiger partial charge in [-0.05, 0) is 38.1 Å². The van der Waals surface area contributed by atoms with Gasteiger partial charge in [-0.15, -0.1) is 0 Å². The second kappa shape index (κ2) is 8.17. The Labute approximate surface area is 193 Å². The minimum absolute atomic E-state index is 0.00546. The van der Waals surface area contributed by atoms with Gasteiger partial charge in [0, 0.05) is 16.5 Å². The molecule has 33 heavy (non-hydrogen) atoms. The van der Waals surface area contributed by atoms with Crippen LogP contribution in [0.25, 0.3) is 33.7 Å². The van der Waals surface area contributed by atoms with Gasteiger partial charge < -0.3 is 19.1 Å². The summed E-state index contributed by atoms with van der Waals surface area (Å²) < 4.78 is 18.2. The van der Waals surface area contributed by atoms with Crippen LogP contribution in [0, 0.1) is 0 Å². The highest BCUT2D eigenvalue weighted by Crippen LogP contribution is 2.36. The van der Waals surface area contributed by atoms with Crippen LogP contribution in [0.4, 0.5) is 0 Å². The third-order valence-corrected chi connectivity index (χ3v) is 5.79. The van der Waals surface area contributed by atoms with Crippen LogP contribution in [0.3, 0.4) is 0 Å². The Hall–Kier alpha value is -3.43. The molecule has 0 atom stereocenters. The Bertz CT molecular complexity index is 1340. The molecular formula is C23H21ClN4O5. The monoisotopic (exact) mass is 468 g/mol. The summed E-state index contributed by atoms with van der Waals surface area (Å²) >= 11 is 6.35. The minimum Gasteiger partial charge on any atom is -0.489 e. The smallest absolute Gasteiger partial charge is 0.306 e. The molecule has 1 N–H and O–H groups in total. The van der Waals surface area contributed by atoms with E-state index in [1.54, 1.807) is 23.0 Å². The lowest BCUT2D eigenvalue weighted by molar-refractivity contribution is -0.153. The Morgan fingerprint density at radius 3 is 2.79 bits per heavy atom. The van der Waals surface area contributed by atoms with Gasteiger partial charge in [-0.3, -0.25) is 9.48 Å². The van der Waals surface area contributed by atoms with Gasteiger partial charge in [0.15, 0.2) is 0 Å². The summed E-state index contributed by atoms with van der Waals surface area (Å²) in [5, 5.41) is 19.3. The molecule has 0 bridgehead atoms. The molecule has 1 aliphatic rings. The van der Waals surface area contributed by atoms with Crippen LogP contribution in [-0.2, 0) is 15.1 Å². The van der Waals surface area contributed by atoms with Gasteiger partial charge in [-0.1, -0.05) is 28.9 Å². The average Bonchev–Trinajstić information content (AvgIpc) is 3.39. The highest BCUT2D eigenvalue weighted by atomic mass is 35.5. The first kappa shape index (κ1) is 21.4. The van der Waals surface area contributed by atoms with E-state index in [1.807, 2.05) is 38.1 Å². The molecule has 0 aliphatic carbocycles. The van der Waals surface area contributed by atoms with Crippen LogP contribution < -0.4 is 4.74 Å². The maximum absolute atomic E-state index is 11.4. The highest BCUT2D eigenvalue weighted by Gasteiger charge is 2.44. The van der Waals surface area contributed by atoms with E-state index in [9.17, 15) is 9.90 Å². The molecule has 9 nitrogen and oxygen atoms in total. The van der Waals surface area contributed by atoms with Crippen LogP contribution in [0.2, 0.25) is 5.02 Å². The molecule has 4 aromatic rings. The quantitative estimate of drug-likeness (QED) is 0.425. The van der Waals surface area contributed by atoms with Crippen molar-refractivity contribution in [1.82, 2.24) is 19.9 Å². The van der Waals surface area contributed by atoms with E-state index in [0.29, 0.717) is 41.3 Å². The molecule has 3 heterocycles. The Kier molecular flexibility index (Phi) is 5.30. The average molecular weight is 469 g/mol. The van der Waals surface area contributed by atoms with E-state index in [-0.39, 0.29) is 12.5 Å². The van der Waals surface area contributed by atoms with Crippen molar-refractivity contribution in [3.05, 3.63) is 47.6 Å². The number of halogens is 1. The molecule has 0 saturated carbocycles. The van der Waals surface area contributed by atoms with Crippen LogP contribution in [-0.4, -0.2) is 50.3 Å². The van der Waals surface area contributed by atoms with Crippen molar-refractivity contribution in [3.63, 3.8) is 0 Å². The summed E-state index contributed by atoms with van der Waals surface area (Å²) in [5.74, 6) is 0.403. The second-order valence-corrected chi connectivity index (χ2v) is 8.72. The maximum Gasteiger partial charge on any atom is 0.306 e. The maximum atomic E-state index is 11.4. The van der Waals surface area contributed by atoms with Crippen molar-refractivity contribution in [1.29, 1.82) is 0 Å². The Morgan fingerprint density at radius 2 is 2.12 bits per heavy atom. The lowest BCUT2D eigenvalue weighted by Crippen LogP contribution is -2.53. The normalized spacial score (nSPS) is 15.0. The summed E-state index contributed by atoms with van der Waals surface area (Å²) in [7, 11) is 0. The first-order valence-electron chi connectivity index (χ1n) is 10.4. The number of hydrogen-bond acceptors (Lipinski definition) is 7. The van der Waals surface area contributed by atoms with Gasteiger partial charge in [0.05, 0.1) is 42.5 Å². The van der Waals surface area contributed by atoms with Crippen molar-refractivity contribution >= 4 is 28.5 Å². The predicted molar refractivity (Wildman–Crippen MR) is 120 cm³/mol. The number of benzene rings is 2. The van der Waals surface area contributed by atoms with Gasteiger partial charge in [0.1, 0.15) is 11.3 Å². The lowest BCUT2D eigenvalue weighted by atomic mass is 9.93. The fourth-order valence-corrected chi connectivity index (χ4v) is 4.20. The number of aliphatic carboxylic acids is 1. The molecule has 0 amide bonds. The van der Waals surface area contributed by atoms with E-state index in [1.165, 1.54) is 0 Å². The fourth-order valence-electron chi connectivity index (χ4n) is 3.98. The number of ether oxygens (including phenoxy) is 2. The molecule has 1 fully saturated rings. The number of carbonyl (C=O) groups is 1. The second-order valence-electron chi connectivity index (χ2n) is 8.32. The van der Waals surface area contributed by atoms with Crippen LogP contribution in [0.5, 0.6) is 5.75 Å². The minimum atomic E-state index is -0.899. The van der Waals surface area contributed by atoms with E-state index in [0.717, 1.165) is 16.5 Å². The van der Waals surface area contributed by atoms with E-state index in [2.05, 4.69) is 15.2 Å². The Balaban J connectivity index is 1.50. The van der Waals surface area contributed by atoms with Crippen molar-refractivity contribution in [2.75, 3.05) is 13.2 Å². The molecule has 170 valence electrons. The molecule has 1 saturated heterocycles. The first-order valence-corrected chi connectivity index (χ1v) is 10.8. The van der Waals surface area contributed by atoms with Crippen molar-refractivity contribution in [2.24, 2.45) is 0 Å².